The Kier molecular flexibility index (Phi) is 8.50. The van der Waals surface area contributed by atoms with E-state index in [0.29, 0.717) is 5.82 Å². The zero-order chi connectivity index (χ0) is 44.8. The van der Waals surface area contributed by atoms with Gasteiger partial charge in [0.05, 0.1) is 16.8 Å². The Labute approximate surface area is 394 Å². The molecule has 1 spiro atoms. The summed E-state index contributed by atoms with van der Waals surface area (Å²) in [6.45, 7) is 0. The highest BCUT2D eigenvalue weighted by molar-refractivity contribution is 6.12. The molecule has 10 aromatic carbocycles. The highest BCUT2D eigenvalue weighted by atomic mass is 16.3. The van der Waals surface area contributed by atoms with Gasteiger partial charge in [0.1, 0.15) is 11.2 Å². The number of fused-ring (bicyclic) bond motifs is 15. The average Bonchev–Trinajstić information content (AvgIpc) is 3.92. The van der Waals surface area contributed by atoms with Gasteiger partial charge in [0.25, 0.3) is 0 Å². The predicted molar refractivity (Wildman–Crippen MR) is 278 cm³/mol. The lowest BCUT2D eigenvalue weighted by molar-refractivity contribution is 0.669. The third kappa shape index (κ3) is 5.72. The first-order valence-electron chi connectivity index (χ1n) is 23.3. The van der Waals surface area contributed by atoms with Gasteiger partial charge in [0.2, 0.25) is 0 Å². The predicted octanol–water partition coefficient (Wildman–Crippen LogP) is 16.7. The van der Waals surface area contributed by atoms with E-state index in [-0.39, 0.29) is 0 Å². The molecule has 2 aliphatic rings. The Hall–Kier alpha value is -8.92. The van der Waals surface area contributed by atoms with Crippen molar-refractivity contribution in [2.75, 3.05) is 0 Å². The molecule has 0 unspecified atom stereocenters. The Morgan fingerprint density at radius 2 is 0.750 bits per heavy atom. The van der Waals surface area contributed by atoms with E-state index >= 15 is 0 Å². The lowest BCUT2D eigenvalue weighted by Gasteiger charge is -2.35. The van der Waals surface area contributed by atoms with Gasteiger partial charge in [-0.15, -0.1) is 0 Å². The molecule has 2 aliphatic carbocycles. The van der Waals surface area contributed by atoms with Crippen LogP contribution in [-0.4, -0.2) is 9.97 Å². The van der Waals surface area contributed by atoms with Gasteiger partial charge in [-0.25, -0.2) is 9.97 Å². The summed E-state index contributed by atoms with van der Waals surface area (Å²) in [4.78, 5) is 11.2. The lowest BCUT2D eigenvalue weighted by atomic mass is 9.65. The van der Waals surface area contributed by atoms with Crippen LogP contribution in [0.1, 0.15) is 22.3 Å². The van der Waals surface area contributed by atoms with Crippen LogP contribution < -0.4 is 0 Å². The standard InChI is InChI=1S/C65H40N2O/c1-3-18-41(19-4-1)44-36-45(42-20-5-2-6-21-42)38-46(37-44)59-40-60(53-28-17-33-62-63(53)54-27-12-16-32-61(54)68-62)67-64(66-59)43-34-35-52-48-23-8-7-22-47(48)49-24-9-13-29-55(49)65(58(52)39-43)56-30-14-10-25-50(56)51-26-11-15-31-57(51)65/h1-40H. The first-order valence-corrected chi connectivity index (χ1v) is 23.3. The fourth-order valence-corrected chi connectivity index (χ4v) is 11.4. The number of para-hydroxylation sites is 1. The van der Waals surface area contributed by atoms with E-state index in [1.54, 1.807) is 0 Å². The molecule has 2 aromatic heterocycles. The van der Waals surface area contributed by atoms with Crippen molar-refractivity contribution in [1.82, 2.24) is 9.97 Å². The molecule has 12 aromatic rings. The monoisotopic (exact) mass is 864 g/mol. The Bertz CT molecular complexity index is 3870. The Balaban J connectivity index is 1.08. The van der Waals surface area contributed by atoms with E-state index in [9.17, 15) is 0 Å². The summed E-state index contributed by atoms with van der Waals surface area (Å²) in [6.07, 6.45) is 0. The number of benzene rings is 10. The van der Waals surface area contributed by atoms with Gasteiger partial charge in [-0.3, -0.25) is 0 Å². The number of rotatable bonds is 5. The fourth-order valence-electron chi connectivity index (χ4n) is 11.4. The van der Waals surface area contributed by atoms with Crippen molar-refractivity contribution in [2.24, 2.45) is 0 Å². The summed E-state index contributed by atoms with van der Waals surface area (Å²) >= 11 is 0. The van der Waals surface area contributed by atoms with Crippen LogP contribution in [-0.2, 0) is 5.41 Å². The van der Waals surface area contributed by atoms with E-state index in [2.05, 4.69) is 231 Å². The third-order valence-corrected chi connectivity index (χ3v) is 14.3. The summed E-state index contributed by atoms with van der Waals surface area (Å²) < 4.78 is 6.47. The van der Waals surface area contributed by atoms with Crippen molar-refractivity contribution in [3.63, 3.8) is 0 Å². The van der Waals surface area contributed by atoms with Gasteiger partial charge in [-0.05, 0) is 120 Å². The molecule has 316 valence electrons. The van der Waals surface area contributed by atoms with Gasteiger partial charge in [0, 0.05) is 27.5 Å². The second-order valence-electron chi connectivity index (χ2n) is 18.0. The Morgan fingerprint density at radius 1 is 0.279 bits per heavy atom. The molecule has 0 amide bonds. The summed E-state index contributed by atoms with van der Waals surface area (Å²) in [7, 11) is 0. The molecule has 14 rings (SSSR count). The maximum Gasteiger partial charge on any atom is 0.160 e. The molecule has 3 heteroatoms. The van der Waals surface area contributed by atoms with Crippen LogP contribution in [0.3, 0.4) is 0 Å². The number of aromatic nitrogens is 2. The molecule has 0 atom stereocenters. The van der Waals surface area contributed by atoms with Gasteiger partial charge in [0.15, 0.2) is 5.82 Å². The summed E-state index contributed by atoms with van der Waals surface area (Å²) in [6, 6.07) is 87.7. The van der Waals surface area contributed by atoms with Crippen molar-refractivity contribution in [1.29, 1.82) is 0 Å². The second-order valence-corrected chi connectivity index (χ2v) is 18.0. The van der Waals surface area contributed by atoms with Crippen LogP contribution in [0, 0.1) is 0 Å². The van der Waals surface area contributed by atoms with E-state index in [1.807, 2.05) is 12.1 Å². The highest BCUT2D eigenvalue weighted by Gasteiger charge is 2.49. The minimum Gasteiger partial charge on any atom is -0.456 e. The number of hydrogen-bond donors (Lipinski definition) is 0. The molecule has 0 N–H and O–H groups in total. The number of hydrogen-bond acceptors (Lipinski definition) is 3. The minimum atomic E-state index is -0.634. The maximum absolute atomic E-state index is 6.47. The van der Waals surface area contributed by atoms with Crippen molar-refractivity contribution >= 4 is 21.9 Å². The van der Waals surface area contributed by atoms with Crippen molar-refractivity contribution in [2.45, 2.75) is 5.41 Å². The summed E-state index contributed by atoms with van der Waals surface area (Å²) in [5.41, 5.74) is 22.6. The minimum absolute atomic E-state index is 0.634. The molecular formula is C65H40N2O. The normalized spacial score (nSPS) is 12.8. The van der Waals surface area contributed by atoms with Gasteiger partial charge in [-0.1, -0.05) is 200 Å². The van der Waals surface area contributed by atoms with Crippen LogP contribution in [0.5, 0.6) is 0 Å². The van der Waals surface area contributed by atoms with Crippen molar-refractivity contribution in [3.05, 3.63) is 265 Å². The fraction of sp³-hybridized carbons (Fsp3) is 0.0154. The first kappa shape index (κ1) is 38.4. The van der Waals surface area contributed by atoms with Gasteiger partial charge in [-0.2, -0.15) is 0 Å². The van der Waals surface area contributed by atoms with Crippen LogP contribution in [0.4, 0.5) is 0 Å². The molecule has 0 saturated heterocycles. The SMILES string of the molecule is c1ccc(-c2cc(-c3ccccc3)cc(-c3cc(-c4cccc5oc6ccccc6c45)nc(-c4ccc5c(c4)C4(c6ccccc6-c6ccccc6-5)c5ccccc5-c5ccccc54)n3)c2)cc1. The topological polar surface area (TPSA) is 38.9 Å². The van der Waals surface area contributed by atoms with Crippen LogP contribution in [0.25, 0.3) is 111 Å². The third-order valence-electron chi connectivity index (χ3n) is 14.3. The quantitative estimate of drug-likeness (QED) is 0.173. The summed E-state index contributed by atoms with van der Waals surface area (Å²) in [5, 5.41) is 2.09. The van der Waals surface area contributed by atoms with Crippen molar-refractivity contribution in [3.8, 4) is 89.5 Å². The number of nitrogens with zero attached hydrogens (tertiary/aromatic N) is 2. The largest absolute Gasteiger partial charge is 0.456 e. The smallest absolute Gasteiger partial charge is 0.160 e. The Morgan fingerprint density at radius 3 is 1.38 bits per heavy atom. The molecule has 3 nitrogen and oxygen atoms in total. The van der Waals surface area contributed by atoms with Crippen LogP contribution in [0.15, 0.2) is 247 Å². The molecule has 0 aliphatic heterocycles. The van der Waals surface area contributed by atoms with E-state index < -0.39 is 5.41 Å². The summed E-state index contributed by atoms with van der Waals surface area (Å²) in [5.74, 6) is 0.650. The first-order chi connectivity index (χ1) is 33.7. The van der Waals surface area contributed by atoms with Gasteiger partial charge >= 0.3 is 0 Å². The zero-order valence-corrected chi connectivity index (χ0v) is 36.9. The van der Waals surface area contributed by atoms with Crippen LogP contribution >= 0.6 is 0 Å². The number of furan rings is 1. The highest BCUT2D eigenvalue weighted by Crippen LogP contribution is 2.61. The maximum atomic E-state index is 6.47. The average molecular weight is 865 g/mol. The molecule has 68 heavy (non-hydrogen) atoms. The van der Waals surface area contributed by atoms with E-state index in [1.165, 1.54) is 55.6 Å². The molecule has 0 fully saturated rings. The second kappa shape index (κ2) is 15.1. The van der Waals surface area contributed by atoms with E-state index in [4.69, 9.17) is 14.4 Å². The molecule has 0 radical (unpaired) electrons. The van der Waals surface area contributed by atoms with Crippen LogP contribution in [0.2, 0.25) is 0 Å². The molecule has 2 heterocycles. The van der Waals surface area contributed by atoms with Gasteiger partial charge < -0.3 is 4.42 Å². The van der Waals surface area contributed by atoms with E-state index in [0.717, 1.165) is 72.3 Å². The molecule has 0 saturated carbocycles. The molecular weight excluding hydrogens is 825 g/mol. The lowest BCUT2D eigenvalue weighted by Crippen LogP contribution is -2.29. The van der Waals surface area contributed by atoms with Crippen molar-refractivity contribution < 1.29 is 4.42 Å². The zero-order valence-electron chi connectivity index (χ0n) is 36.9. The molecule has 0 bridgehead atoms.